The predicted octanol–water partition coefficient (Wildman–Crippen LogP) is 2.12. The number of nitrogens with zero attached hydrogens (tertiary/aromatic N) is 3. The van der Waals surface area contributed by atoms with Crippen LogP contribution in [-0.2, 0) is 10.3 Å². The second-order valence-electron chi connectivity index (χ2n) is 7.13. The van der Waals surface area contributed by atoms with Crippen molar-refractivity contribution in [2.24, 2.45) is 5.73 Å². The highest BCUT2D eigenvalue weighted by Gasteiger charge is 2.42. The first-order chi connectivity index (χ1) is 12.6. The number of ether oxygens (including phenoxy) is 2. The molecular weight excluding hydrogens is 372 g/mol. The van der Waals surface area contributed by atoms with Crippen LogP contribution < -0.4 is 20.1 Å². The normalized spacial score (nSPS) is 22.9. The van der Waals surface area contributed by atoms with E-state index in [9.17, 15) is 4.79 Å². The van der Waals surface area contributed by atoms with Crippen molar-refractivity contribution in [1.82, 2.24) is 10.1 Å². The minimum atomic E-state index is -0.487. The van der Waals surface area contributed by atoms with Crippen LogP contribution >= 0.6 is 12.4 Å². The molecule has 1 saturated heterocycles. The van der Waals surface area contributed by atoms with Crippen LogP contribution in [0.2, 0.25) is 0 Å². The van der Waals surface area contributed by atoms with Crippen LogP contribution in [0.5, 0.6) is 11.5 Å². The minimum Gasteiger partial charge on any atom is -0.486 e. The van der Waals surface area contributed by atoms with Gasteiger partial charge in [-0.15, -0.1) is 12.4 Å². The summed E-state index contributed by atoms with van der Waals surface area (Å²) in [6, 6.07) is 5.55. The fraction of sp³-hybridized carbons (Fsp3) is 0.500. The van der Waals surface area contributed by atoms with E-state index in [0.717, 1.165) is 24.9 Å². The van der Waals surface area contributed by atoms with Gasteiger partial charge in [0.1, 0.15) is 19.1 Å². The molecule has 1 aliphatic carbocycles. The van der Waals surface area contributed by atoms with Crippen LogP contribution in [0.25, 0.3) is 0 Å². The minimum absolute atomic E-state index is 0. The van der Waals surface area contributed by atoms with Crippen LogP contribution in [0, 0.1) is 0 Å². The molecule has 3 aliphatic rings. The number of hydrogen-bond donors (Lipinski definition) is 1. The molecule has 2 fully saturated rings. The first-order valence-electron chi connectivity index (χ1n) is 8.98. The van der Waals surface area contributed by atoms with Crippen LogP contribution in [0.3, 0.4) is 0 Å². The molecule has 9 heteroatoms. The van der Waals surface area contributed by atoms with E-state index < -0.39 is 11.5 Å². The monoisotopic (exact) mass is 392 g/mol. The largest absolute Gasteiger partial charge is 0.486 e. The highest BCUT2D eigenvalue weighted by atomic mass is 35.5. The number of halogens is 1. The van der Waals surface area contributed by atoms with Crippen LogP contribution in [-0.4, -0.2) is 35.8 Å². The summed E-state index contributed by atoms with van der Waals surface area (Å²) in [5.74, 6) is 1.79. The summed E-state index contributed by atoms with van der Waals surface area (Å²) in [6.07, 6.45) is 3.41. The number of carbonyl (C=O) groups is 1. The standard InChI is InChI=1S/C18H20N4O4.ClH/c19-18(5-1-6-18)17-20-15(26-21-17)12-4-7-22(16(12)23)11-2-3-13-14(10-11)25-9-8-24-13;/h2-3,10,12H,1,4-9,19H2;1H. The number of rotatable bonds is 3. The Morgan fingerprint density at radius 1 is 1.19 bits per heavy atom. The Bertz CT molecular complexity index is 867. The quantitative estimate of drug-likeness (QED) is 0.853. The number of aromatic nitrogens is 2. The molecule has 5 rings (SSSR count). The Labute approximate surface area is 162 Å². The summed E-state index contributed by atoms with van der Waals surface area (Å²) in [4.78, 5) is 19.1. The van der Waals surface area contributed by atoms with E-state index in [1.54, 1.807) is 4.90 Å². The summed E-state index contributed by atoms with van der Waals surface area (Å²) in [5.41, 5.74) is 6.55. The fourth-order valence-electron chi connectivity index (χ4n) is 3.73. The number of hydrogen-bond acceptors (Lipinski definition) is 7. The van der Waals surface area contributed by atoms with Crippen molar-refractivity contribution >= 4 is 24.0 Å². The molecule has 1 aromatic carbocycles. The molecule has 27 heavy (non-hydrogen) atoms. The molecule has 1 amide bonds. The molecule has 2 aliphatic heterocycles. The molecule has 144 valence electrons. The molecule has 1 aromatic heterocycles. The van der Waals surface area contributed by atoms with Gasteiger partial charge in [-0.05, 0) is 37.8 Å². The van der Waals surface area contributed by atoms with Crippen LogP contribution in [0.4, 0.5) is 5.69 Å². The third-order valence-corrected chi connectivity index (χ3v) is 5.47. The van der Waals surface area contributed by atoms with Crippen molar-refractivity contribution in [3.63, 3.8) is 0 Å². The third-order valence-electron chi connectivity index (χ3n) is 5.47. The lowest BCUT2D eigenvalue weighted by molar-refractivity contribution is -0.118. The lowest BCUT2D eigenvalue weighted by Gasteiger charge is -2.34. The van der Waals surface area contributed by atoms with Crippen molar-refractivity contribution in [3.05, 3.63) is 29.9 Å². The van der Waals surface area contributed by atoms with E-state index in [0.29, 0.717) is 49.4 Å². The van der Waals surface area contributed by atoms with Gasteiger partial charge in [0, 0.05) is 18.3 Å². The lowest BCUT2D eigenvalue weighted by atomic mass is 9.77. The zero-order valence-electron chi connectivity index (χ0n) is 14.7. The highest BCUT2D eigenvalue weighted by Crippen LogP contribution is 2.40. The van der Waals surface area contributed by atoms with Crippen molar-refractivity contribution in [1.29, 1.82) is 0 Å². The van der Waals surface area contributed by atoms with E-state index >= 15 is 0 Å². The Hall–Kier alpha value is -2.32. The fourth-order valence-corrected chi connectivity index (χ4v) is 3.73. The van der Waals surface area contributed by atoms with E-state index in [2.05, 4.69) is 10.1 Å². The van der Waals surface area contributed by atoms with Crippen LogP contribution in [0.15, 0.2) is 22.7 Å². The molecule has 1 atom stereocenters. The van der Waals surface area contributed by atoms with Crippen molar-refractivity contribution < 1.29 is 18.8 Å². The Balaban J connectivity index is 0.00000180. The maximum absolute atomic E-state index is 12.9. The molecule has 3 heterocycles. The lowest BCUT2D eigenvalue weighted by Crippen LogP contribution is -2.44. The second kappa shape index (κ2) is 6.69. The van der Waals surface area contributed by atoms with Gasteiger partial charge in [-0.1, -0.05) is 5.16 Å². The topological polar surface area (TPSA) is 104 Å². The molecule has 1 saturated carbocycles. The van der Waals surface area contributed by atoms with Crippen molar-refractivity contribution in [3.8, 4) is 11.5 Å². The average Bonchev–Trinajstić information content (AvgIpc) is 3.26. The Morgan fingerprint density at radius 3 is 2.70 bits per heavy atom. The molecule has 8 nitrogen and oxygen atoms in total. The molecular formula is C18H21ClN4O4. The molecule has 0 radical (unpaired) electrons. The van der Waals surface area contributed by atoms with E-state index in [4.69, 9.17) is 19.7 Å². The first kappa shape index (κ1) is 18.1. The molecule has 2 N–H and O–H groups in total. The Kier molecular flexibility index (Phi) is 4.47. The van der Waals surface area contributed by atoms with Crippen molar-refractivity contribution in [2.75, 3.05) is 24.7 Å². The number of amides is 1. The SMILES string of the molecule is Cl.NC1(c2noc(C3CCN(c4ccc5c(c4)OCCO5)C3=O)n2)CCC1. The Morgan fingerprint density at radius 2 is 1.96 bits per heavy atom. The average molecular weight is 393 g/mol. The van der Waals surface area contributed by atoms with Gasteiger partial charge >= 0.3 is 0 Å². The third kappa shape index (κ3) is 2.93. The summed E-state index contributed by atoms with van der Waals surface area (Å²) >= 11 is 0. The van der Waals surface area contributed by atoms with Gasteiger partial charge in [-0.25, -0.2) is 0 Å². The second-order valence-corrected chi connectivity index (χ2v) is 7.13. The molecule has 0 spiro atoms. The molecule has 0 bridgehead atoms. The summed E-state index contributed by atoms with van der Waals surface area (Å²) < 4.78 is 16.5. The van der Waals surface area contributed by atoms with Gasteiger partial charge in [0.25, 0.3) is 0 Å². The predicted molar refractivity (Wildman–Crippen MR) is 98.4 cm³/mol. The van der Waals surface area contributed by atoms with Gasteiger partial charge in [0.15, 0.2) is 17.3 Å². The van der Waals surface area contributed by atoms with E-state index in [1.165, 1.54) is 0 Å². The molecule has 1 unspecified atom stereocenters. The van der Waals surface area contributed by atoms with Gasteiger partial charge < -0.3 is 24.6 Å². The summed E-state index contributed by atoms with van der Waals surface area (Å²) in [7, 11) is 0. The maximum atomic E-state index is 12.9. The van der Waals surface area contributed by atoms with Gasteiger partial charge in [-0.2, -0.15) is 4.98 Å². The molecule has 2 aromatic rings. The zero-order valence-corrected chi connectivity index (χ0v) is 15.5. The number of fused-ring (bicyclic) bond motifs is 1. The van der Waals surface area contributed by atoms with E-state index in [1.807, 2.05) is 18.2 Å². The first-order valence-corrected chi connectivity index (χ1v) is 8.98. The van der Waals surface area contributed by atoms with Crippen molar-refractivity contribution in [2.45, 2.75) is 37.1 Å². The number of carbonyl (C=O) groups excluding carboxylic acids is 1. The maximum Gasteiger partial charge on any atom is 0.239 e. The smallest absolute Gasteiger partial charge is 0.239 e. The zero-order chi connectivity index (χ0) is 17.7. The highest BCUT2D eigenvalue weighted by molar-refractivity contribution is 6.00. The number of anilines is 1. The van der Waals surface area contributed by atoms with Gasteiger partial charge in [0.05, 0.1) is 5.54 Å². The van der Waals surface area contributed by atoms with Crippen LogP contribution in [0.1, 0.15) is 43.3 Å². The van der Waals surface area contributed by atoms with E-state index in [-0.39, 0.29) is 18.3 Å². The number of nitrogens with two attached hydrogens (primary N) is 1. The van der Waals surface area contributed by atoms with Gasteiger partial charge in [0.2, 0.25) is 11.8 Å². The van der Waals surface area contributed by atoms with Gasteiger partial charge in [-0.3, -0.25) is 4.79 Å². The summed E-state index contributed by atoms with van der Waals surface area (Å²) in [6.45, 7) is 1.65. The summed E-state index contributed by atoms with van der Waals surface area (Å²) in [5, 5.41) is 4.03. The number of benzene rings is 1.